The molecule has 0 bridgehead atoms. The number of halogens is 3. The van der Waals surface area contributed by atoms with E-state index in [1.807, 2.05) is 0 Å². The molecule has 3 aromatic rings. The van der Waals surface area contributed by atoms with Crippen LogP contribution in [0.5, 0.6) is 5.88 Å². The molecule has 0 atom stereocenters. The van der Waals surface area contributed by atoms with Crippen LogP contribution in [-0.4, -0.2) is 27.7 Å². The lowest BCUT2D eigenvalue weighted by Crippen LogP contribution is -2.20. The molecule has 1 N–H and O–H groups in total. The van der Waals surface area contributed by atoms with Gasteiger partial charge in [-0.3, -0.25) is 10.1 Å². The van der Waals surface area contributed by atoms with Gasteiger partial charge in [0.25, 0.3) is 5.69 Å². The second kappa shape index (κ2) is 7.12. The molecule has 0 saturated heterocycles. The Kier molecular flexibility index (Phi) is 4.89. The Morgan fingerprint density at radius 3 is 2.85 bits per heavy atom. The molecule has 0 unspecified atom stereocenters. The fourth-order valence-electron chi connectivity index (χ4n) is 2.11. The summed E-state index contributed by atoms with van der Waals surface area (Å²) in [6.07, 6.45) is -3.12. The van der Waals surface area contributed by atoms with Crippen LogP contribution >= 0.6 is 11.3 Å². The molecule has 2 heterocycles. The van der Waals surface area contributed by atoms with Gasteiger partial charge in [0.15, 0.2) is 11.7 Å². The standard InChI is InChI=1S/C15H11F3N4O3S/c16-15(17,18)8-25-13-9(2-1-5-19-13)7-20-14-21-11-4-3-10(22(23)24)6-12(11)26-14/h1-6H,7-8H2,(H,20,21). The van der Waals surface area contributed by atoms with Crippen LogP contribution in [0.2, 0.25) is 0 Å². The van der Waals surface area contributed by atoms with E-state index < -0.39 is 17.7 Å². The SMILES string of the molecule is O=[N+]([O-])c1ccc2nc(NCc3cccnc3OCC(F)(F)F)sc2c1. The van der Waals surface area contributed by atoms with E-state index in [0.29, 0.717) is 20.9 Å². The van der Waals surface area contributed by atoms with Crippen LogP contribution < -0.4 is 10.1 Å². The van der Waals surface area contributed by atoms with Gasteiger partial charge in [-0.25, -0.2) is 9.97 Å². The van der Waals surface area contributed by atoms with Crippen molar-refractivity contribution in [2.75, 3.05) is 11.9 Å². The van der Waals surface area contributed by atoms with E-state index in [9.17, 15) is 23.3 Å². The molecule has 0 aliphatic rings. The average Bonchev–Trinajstić information content (AvgIpc) is 3.00. The lowest BCUT2D eigenvalue weighted by atomic mass is 10.2. The Labute approximate surface area is 148 Å². The normalized spacial score (nSPS) is 11.5. The predicted octanol–water partition coefficient (Wildman–Crippen LogP) is 4.15. The zero-order valence-electron chi connectivity index (χ0n) is 13.0. The summed E-state index contributed by atoms with van der Waals surface area (Å²) in [5, 5.41) is 14.3. The maximum Gasteiger partial charge on any atom is 0.422 e. The Balaban J connectivity index is 1.73. The van der Waals surface area contributed by atoms with Crippen molar-refractivity contribution in [1.82, 2.24) is 9.97 Å². The number of alkyl halides is 3. The number of anilines is 1. The lowest BCUT2D eigenvalue weighted by Gasteiger charge is -2.12. The predicted molar refractivity (Wildman–Crippen MR) is 89.4 cm³/mol. The number of benzene rings is 1. The Hall–Kier alpha value is -2.95. The summed E-state index contributed by atoms with van der Waals surface area (Å²) in [5.74, 6) is -0.117. The summed E-state index contributed by atoms with van der Waals surface area (Å²) in [7, 11) is 0. The monoisotopic (exact) mass is 384 g/mol. The third-order valence-electron chi connectivity index (χ3n) is 3.24. The minimum Gasteiger partial charge on any atom is -0.468 e. The summed E-state index contributed by atoms with van der Waals surface area (Å²) in [6.45, 7) is -1.29. The molecule has 0 amide bonds. The molecule has 0 saturated carbocycles. The number of nitro groups is 1. The van der Waals surface area contributed by atoms with Crippen molar-refractivity contribution in [1.29, 1.82) is 0 Å². The van der Waals surface area contributed by atoms with Crippen molar-refractivity contribution in [3.05, 3.63) is 52.2 Å². The zero-order chi connectivity index (χ0) is 18.7. The molecular weight excluding hydrogens is 373 g/mol. The van der Waals surface area contributed by atoms with Gasteiger partial charge >= 0.3 is 6.18 Å². The van der Waals surface area contributed by atoms with E-state index in [1.54, 1.807) is 12.1 Å². The van der Waals surface area contributed by atoms with Crippen molar-refractivity contribution in [3.63, 3.8) is 0 Å². The molecule has 2 aromatic heterocycles. The molecule has 3 rings (SSSR count). The zero-order valence-corrected chi connectivity index (χ0v) is 13.8. The van der Waals surface area contributed by atoms with Gasteiger partial charge in [-0.1, -0.05) is 17.4 Å². The molecular formula is C15H11F3N4O3S. The van der Waals surface area contributed by atoms with Gasteiger partial charge in [-0.05, 0) is 12.1 Å². The highest BCUT2D eigenvalue weighted by Gasteiger charge is 2.29. The molecule has 7 nitrogen and oxygen atoms in total. The van der Waals surface area contributed by atoms with E-state index in [2.05, 4.69) is 15.3 Å². The van der Waals surface area contributed by atoms with Crippen LogP contribution in [0.25, 0.3) is 10.2 Å². The first-order valence-electron chi connectivity index (χ1n) is 7.24. The number of hydrogen-bond acceptors (Lipinski definition) is 7. The van der Waals surface area contributed by atoms with Crippen LogP contribution in [0.4, 0.5) is 24.0 Å². The Bertz CT molecular complexity index is 945. The molecule has 26 heavy (non-hydrogen) atoms. The number of hydrogen-bond donors (Lipinski definition) is 1. The molecule has 1 aromatic carbocycles. The number of thiazole rings is 1. The van der Waals surface area contributed by atoms with Gasteiger partial charge in [-0.15, -0.1) is 0 Å². The third-order valence-corrected chi connectivity index (χ3v) is 4.21. The summed E-state index contributed by atoms with van der Waals surface area (Å²) >= 11 is 1.20. The van der Waals surface area contributed by atoms with Crippen LogP contribution in [0.3, 0.4) is 0 Å². The number of nitrogens with one attached hydrogen (secondary N) is 1. The molecule has 0 spiro atoms. The molecule has 0 radical (unpaired) electrons. The minimum atomic E-state index is -4.45. The van der Waals surface area contributed by atoms with Crippen LogP contribution in [0, 0.1) is 10.1 Å². The lowest BCUT2D eigenvalue weighted by molar-refractivity contribution is -0.384. The summed E-state index contributed by atoms with van der Waals surface area (Å²) in [4.78, 5) is 18.4. The van der Waals surface area contributed by atoms with E-state index in [-0.39, 0.29) is 18.1 Å². The number of non-ortho nitro benzene ring substituents is 1. The quantitative estimate of drug-likeness (QED) is 0.507. The van der Waals surface area contributed by atoms with Gasteiger partial charge in [-0.2, -0.15) is 13.2 Å². The van der Waals surface area contributed by atoms with Crippen LogP contribution in [0.15, 0.2) is 36.5 Å². The molecule has 0 aliphatic carbocycles. The fourth-order valence-corrected chi connectivity index (χ4v) is 3.01. The van der Waals surface area contributed by atoms with E-state index in [0.717, 1.165) is 0 Å². The number of pyridine rings is 1. The molecule has 0 aliphatic heterocycles. The summed E-state index contributed by atoms with van der Waals surface area (Å²) in [6, 6.07) is 7.48. The topological polar surface area (TPSA) is 90.2 Å². The number of fused-ring (bicyclic) bond motifs is 1. The first-order chi connectivity index (χ1) is 12.3. The highest BCUT2D eigenvalue weighted by atomic mass is 32.1. The highest BCUT2D eigenvalue weighted by molar-refractivity contribution is 7.22. The number of rotatable bonds is 6. The number of nitro benzene ring substituents is 1. The first-order valence-corrected chi connectivity index (χ1v) is 8.06. The Morgan fingerprint density at radius 1 is 1.31 bits per heavy atom. The van der Waals surface area contributed by atoms with E-state index in [4.69, 9.17) is 4.74 Å². The van der Waals surface area contributed by atoms with Crippen molar-refractivity contribution >= 4 is 32.4 Å². The summed E-state index contributed by atoms with van der Waals surface area (Å²) < 4.78 is 42.3. The van der Waals surface area contributed by atoms with Crippen molar-refractivity contribution in [3.8, 4) is 5.88 Å². The minimum absolute atomic E-state index is 0.0391. The second-order valence-electron chi connectivity index (χ2n) is 5.15. The average molecular weight is 384 g/mol. The second-order valence-corrected chi connectivity index (χ2v) is 6.18. The van der Waals surface area contributed by atoms with Gasteiger partial charge in [0, 0.05) is 30.4 Å². The van der Waals surface area contributed by atoms with Gasteiger partial charge in [0.1, 0.15) is 0 Å². The number of nitrogens with zero attached hydrogens (tertiary/aromatic N) is 3. The van der Waals surface area contributed by atoms with Gasteiger partial charge < -0.3 is 10.1 Å². The smallest absolute Gasteiger partial charge is 0.422 e. The van der Waals surface area contributed by atoms with Crippen molar-refractivity contribution in [2.24, 2.45) is 0 Å². The van der Waals surface area contributed by atoms with Gasteiger partial charge in [0.05, 0.1) is 15.1 Å². The van der Waals surface area contributed by atoms with Gasteiger partial charge in [0.2, 0.25) is 5.88 Å². The summed E-state index contributed by atoms with van der Waals surface area (Å²) in [5.41, 5.74) is 0.979. The van der Waals surface area contributed by atoms with E-state index in [1.165, 1.54) is 35.7 Å². The van der Waals surface area contributed by atoms with Crippen molar-refractivity contribution in [2.45, 2.75) is 12.7 Å². The van der Waals surface area contributed by atoms with Crippen LogP contribution in [0.1, 0.15) is 5.56 Å². The molecule has 136 valence electrons. The third kappa shape index (κ3) is 4.36. The Morgan fingerprint density at radius 2 is 2.12 bits per heavy atom. The highest BCUT2D eigenvalue weighted by Crippen LogP contribution is 2.30. The number of ether oxygens (including phenoxy) is 1. The van der Waals surface area contributed by atoms with Crippen molar-refractivity contribution < 1.29 is 22.8 Å². The van der Waals surface area contributed by atoms with E-state index >= 15 is 0 Å². The molecule has 0 fully saturated rings. The maximum atomic E-state index is 12.3. The maximum absolute atomic E-state index is 12.3. The largest absolute Gasteiger partial charge is 0.468 e. The first kappa shape index (κ1) is 17.9. The molecule has 11 heteroatoms. The van der Waals surface area contributed by atoms with Crippen LogP contribution in [-0.2, 0) is 6.54 Å². The number of aromatic nitrogens is 2. The fraction of sp³-hybridized carbons (Fsp3) is 0.200.